The normalized spacial score (nSPS) is 14.3. The number of aromatic nitrogens is 1. The van der Waals surface area contributed by atoms with Gasteiger partial charge in [0.1, 0.15) is 29.2 Å². The van der Waals surface area contributed by atoms with Crippen LogP contribution in [0.1, 0.15) is 5.69 Å². The van der Waals surface area contributed by atoms with Crippen LogP contribution in [0.3, 0.4) is 0 Å². The van der Waals surface area contributed by atoms with Gasteiger partial charge < -0.3 is 9.84 Å². The Morgan fingerprint density at radius 1 is 1.43 bits per heavy atom. The molecule has 1 N–H and O–H groups in total. The summed E-state index contributed by atoms with van der Waals surface area (Å²) in [6.07, 6.45) is 3.02. The number of allylic oxidation sites excluding steroid dienone is 1. The molecule has 1 aromatic heterocycles. The number of benzene rings is 1. The Morgan fingerprint density at radius 2 is 2.26 bits per heavy atom. The van der Waals surface area contributed by atoms with E-state index < -0.39 is 5.82 Å². The fourth-order valence-corrected chi connectivity index (χ4v) is 2.60. The lowest BCUT2D eigenvalue weighted by molar-refractivity contribution is -0.113. The molecule has 9 heteroatoms. The lowest BCUT2D eigenvalue weighted by Crippen LogP contribution is -2.26. The van der Waals surface area contributed by atoms with Crippen LogP contribution in [0.15, 0.2) is 51.2 Å². The summed E-state index contributed by atoms with van der Waals surface area (Å²) < 4.78 is 23.8. The Kier molecular flexibility index (Phi) is 4.35. The highest BCUT2D eigenvalue weighted by molar-refractivity contribution is 7.96. The monoisotopic (exact) mass is 352 g/mol. The van der Waals surface area contributed by atoms with Crippen molar-refractivity contribution < 1.29 is 13.7 Å². The van der Waals surface area contributed by atoms with Crippen LogP contribution in [0.5, 0.6) is 0 Å². The van der Waals surface area contributed by atoms with Crippen LogP contribution in [0.4, 0.5) is 10.1 Å². The van der Waals surface area contributed by atoms with Gasteiger partial charge in [0.25, 0.3) is 5.91 Å². The fourth-order valence-electron chi connectivity index (χ4n) is 1.84. The molecule has 0 spiro atoms. The fraction of sp³-hybridized carbons (Fsp3) is 0.0714. The quantitative estimate of drug-likeness (QED) is 0.858. The average molecular weight is 353 g/mol. The molecule has 3 rings (SSSR count). The summed E-state index contributed by atoms with van der Waals surface area (Å²) in [4.78, 5) is 12.4. The molecule has 1 aromatic carbocycles. The summed E-state index contributed by atoms with van der Waals surface area (Å²) in [5.74, 6) is -0.923. The van der Waals surface area contributed by atoms with Crippen LogP contribution < -0.4 is 5.32 Å². The largest absolute Gasteiger partial charge is 0.364 e. The second kappa shape index (κ2) is 6.43. The number of likely N-dealkylation sites (N-methyl/N-ethyl adjacent to an activating group) is 1. The van der Waals surface area contributed by atoms with Crippen molar-refractivity contribution in [1.82, 2.24) is 9.46 Å². The first kappa shape index (κ1) is 15.6. The van der Waals surface area contributed by atoms with Crippen molar-refractivity contribution in [2.24, 2.45) is 4.40 Å². The molecule has 0 unspecified atom stereocenters. The van der Waals surface area contributed by atoms with Crippen LogP contribution in [0.25, 0.3) is 0 Å². The smallest absolute Gasteiger partial charge is 0.272 e. The highest BCUT2D eigenvalue weighted by Gasteiger charge is 2.22. The Hall–Kier alpha value is -2.32. The van der Waals surface area contributed by atoms with Crippen LogP contribution >= 0.6 is 23.7 Å². The van der Waals surface area contributed by atoms with E-state index in [4.69, 9.17) is 16.1 Å². The summed E-state index contributed by atoms with van der Waals surface area (Å²) in [6, 6.07) is 5.62. The number of rotatable bonds is 3. The molecule has 0 saturated carbocycles. The minimum atomic E-state index is -0.547. The van der Waals surface area contributed by atoms with Crippen molar-refractivity contribution in [1.29, 1.82) is 0 Å². The van der Waals surface area contributed by atoms with Gasteiger partial charge in [-0.05, 0) is 24.3 Å². The predicted octanol–water partition coefficient (Wildman–Crippen LogP) is 3.29. The molecule has 0 radical (unpaired) electrons. The number of hydrogen-bond donors (Lipinski definition) is 1. The number of nitrogens with zero attached hydrogens (tertiary/aromatic N) is 3. The number of carbonyl (C=O) groups excluding carboxylic acids is 1. The second-order valence-corrected chi connectivity index (χ2v) is 5.85. The number of carbonyl (C=O) groups is 1. The van der Waals surface area contributed by atoms with E-state index in [-0.39, 0.29) is 10.9 Å². The zero-order chi connectivity index (χ0) is 16.4. The molecule has 23 heavy (non-hydrogen) atoms. The molecule has 2 aromatic rings. The molecule has 0 saturated heterocycles. The van der Waals surface area contributed by atoms with Gasteiger partial charge in [-0.3, -0.25) is 9.10 Å². The zero-order valence-corrected chi connectivity index (χ0v) is 13.4. The van der Waals surface area contributed by atoms with Gasteiger partial charge in [0, 0.05) is 18.8 Å². The van der Waals surface area contributed by atoms with E-state index in [1.54, 1.807) is 23.5 Å². The van der Waals surface area contributed by atoms with Gasteiger partial charge in [-0.15, -0.1) is 0 Å². The Balaban J connectivity index is 1.82. The maximum Gasteiger partial charge on any atom is 0.272 e. The van der Waals surface area contributed by atoms with E-state index in [2.05, 4.69) is 14.9 Å². The van der Waals surface area contributed by atoms with E-state index in [9.17, 15) is 9.18 Å². The van der Waals surface area contributed by atoms with Gasteiger partial charge in [0.2, 0.25) is 0 Å². The Labute approximate surface area is 140 Å². The summed E-state index contributed by atoms with van der Waals surface area (Å²) in [5.41, 5.74) is 1.81. The van der Waals surface area contributed by atoms with Gasteiger partial charge in [0.15, 0.2) is 0 Å². The van der Waals surface area contributed by atoms with E-state index >= 15 is 0 Å². The molecule has 118 valence electrons. The molecule has 0 bridgehead atoms. The van der Waals surface area contributed by atoms with Crippen LogP contribution in [-0.2, 0) is 4.79 Å². The maximum absolute atomic E-state index is 13.2. The lowest BCUT2D eigenvalue weighted by Gasteiger charge is -2.21. The number of nitrogens with one attached hydrogen (secondary N) is 1. The van der Waals surface area contributed by atoms with Crippen molar-refractivity contribution in [2.45, 2.75) is 0 Å². The highest BCUT2D eigenvalue weighted by Crippen LogP contribution is 2.25. The molecule has 1 aliphatic rings. The van der Waals surface area contributed by atoms with Crippen LogP contribution in [0.2, 0.25) is 5.02 Å². The molecule has 0 fully saturated rings. The minimum Gasteiger partial charge on any atom is -0.364 e. The van der Waals surface area contributed by atoms with E-state index in [0.717, 1.165) is 12.1 Å². The summed E-state index contributed by atoms with van der Waals surface area (Å²) in [5, 5.41) is 6.39. The maximum atomic E-state index is 13.2. The van der Waals surface area contributed by atoms with E-state index in [1.165, 1.54) is 24.5 Å². The van der Waals surface area contributed by atoms with Crippen molar-refractivity contribution in [3.63, 3.8) is 0 Å². The molecule has 1 aliphatic heterocycles. The summed E-state index contributed by atoms with van der Waals surface area (Å²) in [7, 11) is 1.71. The van der Waals surface area contributed by atoms with E-state index in [1.807, 2.05) is 0 Å². The van der Waals surface area contributed by atoms with Crippen molar-refractivity contribution in [3.05, 3.63) is 58.8 Å². The standard InChI is InChI=1S/C14H10ClFN4O2S/c1-20-13(7-12(19-23-20)11-4-5-22-18-11)14(21)17-8-2-3-10(16)9(15)6-8/h2-7H,1H3,(H,17,21). The number of anilines is 1. The summed E-state index contributed by atoms with van der Waals surface area (Å²) in [6.45, 7) is 0. The Bertz CT molecular complexity index is 807. The van der Waals surface area contributed by atoms with E-state index in [0.29, 0.717) is 22.8 Å². The zero-order valence-electron chi connectivity index (χ0n) is 11.8. The van der Waals surface area contributed by atoms with Gasteiger partial charge in [-0.2, -0.15) is 4.40 Å². The lowest BCUT2D eigenvalue weighted by atomic mass is 10.2. The van der Waals surface area contributed by atoms with Gasteiger partial charge >= 0.3 is 0 Å². The number of halogens is 2. The van der Waals surface area contributed by atoms with Crippen LogP contribution in [-0.4, -0.2) is 28.1 Å². The van der Waals surface area contributed by atoms with Crippen molar-refractivity contribution in [3.8, 4) is 0 Å². The first-order valence-corrected chi connectivity index (χ1v) is 7.53. The predicted molar refractivity (Wildman–Crippen MR) is 86.5 cm³/mol. The second-order valence-electron chi connectivity index (χ2n) is 4.55. The third-order valence-corrected chi connectivity index (χ3v) is 3.99. The third-order valence-electron chi connectivity index (χ3n) is 2.98. The first-order valence-electron chi connectivity index (χ1n) is 6.42. The van der Waals surface area contributed by atoms with Crippen molar-refractivity contribution in [2.75, 3.05) is 12.4 Å². The minimum absolute atomic E-state index is 0.0620. The number of hydrogen-bond acceptors (Lipinski definition) is 6. The Morgan fingerprint density at radius 3 is 2.96 bits per heavy atom. The molecule has 6 nitrogen and oxygen atoms in total. The first-order chi connectivity index (χ1) is 11.0. The molecule has 2 heterocycles. The number of amides is 1. The summed E-state index contributed by atoms with van der Waals surface area (Å²) >= 11 is 6.81. The third kappa shape index (κ3) is 3.38. The van der Waals surface area contributed by atoms with Crippen LogP contribution in [0, 0.1) is 5.82 Å². The van der Waals surface area contributed by atoms with Gasteiger partial charge in [-0.25, -0.2) is 4.39 Å². The molecular formula is C14H10ClFN4O2S. The average Bonchev–Trinajstić information content (AvgIpc) is 3.06. The molecule has 0 atom stereocenters. The topological polar surface area (TPSA) is 70.7 Å². The molecule has 0 aliphatic carbocycles. The SMILES string of the molecule is CN1SN=C(c2ccon2)C=C1C(=O)Nc1ccc(F)c(Cl)c1. The van der Waals surface area contributed by atoms with Gasteiger partial charge in [-0.1, -0.05) is 16.8 Å². The van der Waals surface area contributed by atoms with Crippen molar-refractivity contribution >= 4 is 41.0 Å². The molecular weight excluding hydrogens is 343 g/mol. The highest BCUT2D eigenvalue weighted by atomic mass is 35.5. The van der Waals surface area contributed by atoms with Gasteiger partial charge in [0.05, 0.1) is 17.2 Å². The molecule has 1 amide bonds.